The molecule has 0 bridgehead atoms. The molecule has 0 radical (unpaired) electrons. The van der Waals surface area contributed by atoms with Crippen LogP contribution in [-0.4, -0.2) is 41.5 Å². The molecule has 0 aliphatic carbocycles. The molecule has 3 aromatic rings. The van der Waals surface area contributed by atoms with Crippen LogP contribution in [0, 0.1) is 25.2 Å². The number of nitrogens with zero attached hydrogens (tertiary/aromatic N) is 3. The summed E-state index contributed by atoms with van der Waals surface area (Å²) in [6.07, 6.45) is 1.60. The second-order valence-corrected chi connectivity index (χ2v) is 7.49. The number of hydrogen-bond donors (Lipinski definition) is 2. The number of ether oxygens (including phenoxy) is 2. The Morgan fingerprint density at radius 2 is 2.06 bits per heavy atom. The summed E-state index contributed by atoms with van der Waals surface area (Å²) in [4.78, 5) is 12.7. The Hall–Kier alpha value is -3.83. The fourth-order valence-electron chi connectivity index (χ4n) is 3.82. The van der Waals surface area contributed by atoms with Crippen molar-refractivity contribution in [2.24, 2.45) is 0 Å². The lowest BCUT2D eigenvalue weighted by Crippen LogP contribution is -2.14. The lowest BCUT2D eigenvalue weighted by atomic mass is 10.1. The van der Waals surface area contributed by atoms with E-state index in [4.69, 9.17) is 9.47 Å². The Labute approximate surface area is 187 Å². The molecule has 2 N–H and O–H groups in total. The maximum atomic E-state index is 12.7. The number of nitriles is 1. The number of rotatable bonds is 8. The fraction of sp³-hybridized carbons (Fsp3) is 0.292. The molecule has 3 rings (SSSR count). The second kappa shape index (κ2) is 9.98. The minimum absolute atomic E-state index is 0.00788. The van der Waals surface area contributed by atoms with Gasteiger partial charge < -0.3 is 19.4 Å². The number of anilines is 1. The highest BCUT2D eigenvalue weighted by Gasteiger charge is 2.17. The van der Waals surface area contributed by atoms with Crippen molar-refractivity contribution >= 4 is 17.8 Å². The van der Waals surface area contributed by atoms with E-state index in [2.05, 4.69) is 27.0 Å². The van der Waals surface area contributed by atoms with Gasteiger partial charge >= 0.3 is 0 Å². The molecule has 32 heavy (non-hydrogen) atoms. The minimum Gasteiger partial charge on any atom is -0.496 e. The standard InChI is InChI=1S/C24H27N5O3/c1-15-10-18(17(3)29(15)16(2)14-31-4)11-19(13-25)24(30)26-23-12-21(27-28-23)20-8-6-7-9-22(20)32-5/h6-12,16H,14H2,1-5H3,(H2,26,27,28,30)/b19-11-. The van der Waals surface area contributed by atoms with Gasteiger partial charge in [0.15, 0.2) is 5.82 Å². The number of aromatic amines is 1. The predicted molar refractivity (Wildman–Crippen MR) is 123 cm³/mol. The van der Waals surface area contributed by atoms with E-state index in [0.717, 1.165) is 22.5 Å². The third-order valence-electron chi connectivity index (χ3n) is 5.25. The highest BCUT2D eigenvalue weighted by molar-refractivity contribution is 6.09. The quantitative estimate of drug-likeness (QED) is 0.408. The second-order valence-electron chi connectivity index (χ2n) is 7.49. The minimum atomic E-state index is -0.527. The van der Waals surface area contributed by atoms with E-state index >= 15 is 0 Å². The average molecular weight is 434 g/mol. The zero-order chi connectivity index (χ0) is 23.3. The third kappa shape index (κ3) is 4.74. The van der Waals surface area contributed by atoms with Crippen LogP contribution in [0.2, 0.25) is 0 Å². The van der Waals surface area contributed by atoms with Crippen molar-refractivity contribution in [2.45, 2.75) is 26.8 Å². The lowest BCUT2D eigenvalue weighted by Gasteiger charge is -2.17. The molecule has 8 heteroatoms. The van der Waals surface area contributed by atoms with Gasteiger partial charge in [-0.3, -0.25) is 9.89 Å². The molecule has 2 heterocycles. The van der Waals surface area contributed by atoms with Gasteiger partial charge in [-0.1, -0.05) is 12.1 Å². The molecule has 1 atom stereocenters. The summed E-state index contributed by atoms with van der Waals surface area (Å²) >= 11 is 0. The number of para-hydroxylation sites is 1. The number of carbonyl (C=O) groups is 1. The van der Waals surface area contributed by atoms with Crippen molar-refractivity contribution in [2.75, 3.05) is 26.1 Å². The topological polar surface area (TPSA) is 105 Å². The highest BCUT2D eigenvalue weighted by atomic mass is 16.5. The van der Waals surface area contributed by atoms with Crippen LogP contribution in [0.4, 0.5) is 5.82 Å². The van der Waals surface area contributed by atoms with Gasteiger partial charge in [-0.15, -0.1) is 0 Å². The summed E-state index contributed by atoms with van der Waals surface area (Å²) in [6.45, 7) is 6.58. The largest absolute Gasteiger partial charge is 0.496 e. The van der Waals surface area contributed by atoms with Gasteiger partial charge in [0.25, 0.3) is 5.91 Å². The summed E-state index contributed by atoms with van der Waals surface area (Å²) in [5.41, 5.74) is 4.31. The molecule has 0 aliphatic heterocycles. The zero-order valence-corrected chi connectivity index (χ0v) is 18.9. The summed E-state index contributed by atoms with van der Waals surface area (Å²) in [6, 6.07) is 13.3. The van der Waals surface area contributed by atoms with E-state index in [9.17, 15) is 10.1 Å². The predicted octanol–water partition coefficient (Wildman–Crippen LogP) is 4.26. The van der Waals surface area contributed by atoms with E-state index in [-0.39, 0.29) is 11.6 Å². The van der Waals surface area contributed by atoms with E-state index < -0.39 is 5.91 Å². The maximum absolute atomic E-state index is 12.7. The first-order chi connectivity index (χ1) is 15.4. The van der Waals surface area contributed by atoms with Crippen LogP contribution in [0.5, 0.6) is 5.75 Å². The molecule has 1 aromatic carbocycles. The van der Waals surface area contributed by atoms with E-state index in [1.165, 1.54) is 0 Å². The monoisotopic (exact) mass is 433 g/mol. The molecule has 1 amide bonds. The SMILES string of the molecule is COCC(C)n1c(C)cc(/C=C(/C#N)C(=O)Nc2cc(-c3ccccc3OC)[nH]n2)c1C. The number of nitrogens with one attached hydrogen (secondary N) is 2. The molecule has 0 saturated carbocycles. The molecule has 8 nitrogen and oxygen atoms in total. The Morgan fingerprint density at radius 3 is 2.75 bits per heavy atom. The van der Waals surface area contributed by atoms with Crippen molar-refractivity contribution in [3.63, 3.8) is 0 Å². The van der Waals surface area contributed by atoms with Crippen molar-refractivity contribution in [1.29, 1.82) is 5.26 Å². The average Bonchev–Trinajstić information content (AvgIpc) is 3.35. The molecule has 0 spiro atoms. The summed E-state index contributed by atoms with van der Waals surface area (Å²) in [7, 11) is 3.26. The number of hydrogen-bond acceptors (Lipinski definition) is 5. The normalized spacial score (nSPS) is 12.3. The maximum Gasteiger partial charge on any atom is 0.267 e. The molecule has 0 aliphatic rings. The number of H-pyrrole nitrogens is 1. The van der Waals surface area contributed by atoms with Crippen molar-refractivity contribution in [3.8, 4) is 23.1 Å². The van der Waals surface area contributed by atoms with Gasteiger partial charge in [0, 0.05) is 30.1 Å². The van der Waals surface area contributed by atoms with Crippen molar-refractivity contribution < 1.29 is 14.3 Å². The Balaban J connectivity index is 1.82. The van der Waals surface area contributed by atoms with Crippen LogP contribution in [0.25, 0.3) is 17.3 Å². The first-order valence-corrected chi connectivity index (χ1v) is 10.2. The van der Waals surface area contributed by atoms with E-state index in [1.54, 1.807) is 26.4 Å². The number of aromatic nitrogens is 3. The van der Waals surface area contributed by atoms with Crippen LogP contribution in [0.3, 0.4) is 0 Å². The Kier molecular flexibility index (Phi) is 7.13. The number of aryl methyl sites for hydroxylation is 1. The van der Waals surface area contributed by atoms with Crippen molar-refractivity contribution in [3.05, 3.63) is 58.9 Å². The molecule has 0 fully saturated rings. The molecular formula is C24H27N5O3. The van der Waals surface area contributed by atoms with Crippen LogP contribution < -0.4 is 10.1 Å². The summed E-state index contributed by atoms with van der Waals surface area (Å²) < 4.78 is 12.8. The third-order valence-corrected chi connectivity index (χ3v) is 5.25. The van der Waals surface area contributed by atoms with Gasteiger partial charge in [-0.2, -0.15) is 10.4 Å². The number of amides is 1. The number of methoxy groups -OCH3 is 2. The zero-order valence-electron chi connectivity index (χ0n) is 18.9. The summed E-state index contributed by atoms with van der Waals surface area (Å²) in [5.74, 6) is 0.473. The molecular weight excluding hydrogens is 406 g/mol. The fourth-order valence-corrected chi connectivity index (χ4v) is 3.82. The molecule has 0 saturated heterocycles. The van der Waals surface area contributed by atoms with Gasteiger partial charge in [-0.05, 0) is 50.6 Å². The van der Waals surface area contributed by atoms with E-state index in [0.29, 0.717) is 23.9 Å². The van der Waals surface area contributed by atoms with Crippen molar-refractivity contribution in [1.82, 2.24) is 14.8 Å². The number of benzene rings is 1. The van der Waals surface area contributed by atoms with Crippen LogP contribution in [-0.2, 0) is 9.53 Å². The summed E-state index contributed by atoms with van der Waals surface area (Å²) in [5, 5.41) is 19.3. The lowest BCUT2D eigenvalue weighted by molar-refractivity contribution is -0.112. The van der Waals surface area contributed by atoms with Gasteiger partial charge in [-0.25, -0.2) is 0 Å². The van der Waals surface area contributed by atoms with Gasteiger partial charge in [0.2, 0.25) is 0 Å². The first-order valence-electron chi connectivity index (χ1n) is 10.2. The van der Waals surface area contributed by atoms with Gasteiger partial charge in [0.1, 0.15) is 17.4 Å². The smallest absolute Gasteiger partial charge is 0.267 e. The molecule has 166 valence electrons. The van der Waals surface area contributed by atoms with Crippen LogP contribution in [0.1, 0.15) is 29.9 Å². The Morgan fingerprint density at radius 1 is 1.31 bits per heavy atom. The Bertz CT molecular complexity index is 1180. The van der Waals surface area contributed by atoms with Crippen LogP contribution in [0.15, 0.2) is 42.0 Å². The van der Waals surface area contributed by atoms with Gasteiger partial charge in [0.05, 0.1) is 25.5 Å². The molecule has 2 aromatic heterocycles. The molecule has 1 unspecified atom stereocenters. The van der Waals surface area contributed by atoms with E-state index in [1.807, 2.05) is 50.2 Å². The number of carbonyl (C=O) groups excluding carboxylic acids is 1. The van der Waals surface area contributed by atoms with Crippen LogP contribution >= 0.6 is 0 Å². The highest BCUT2D eigenvalue weighted by Crippen LogP contribution is 2.29. The first kappa shape index (κ1) is 22.8.